The quantitative estimate of drug-likeness (QED) is 0.618. The van der Waals surface area contributed by atoms with E-state index >= 15 is 0 Å². The van der Waals surface area contributed by atoms with Gasteiger partial charge in [-0.1, -0.05) is 0 Å². The Bertz CT molecular complexity index is 216. The predicted molar refractivity (Wildman–Crippen MR) is 53.4 cm³/mol. The second-order valence-electron chi connectivity index (χ2n) is 2.89. The van der Waals surface area contributed by atoms with E-state index < -0.39 is 16.1 Å². The largest absolute Gasteiger partial charge is 0.393 e. The molecule has 2 N–H and O–H groups in total. The first-order valence-corrected chi connectivity index (χ1v) is 6.38. The maximum atomic E-state index is 11.1. The smallest absolute Gasteiger partial charge is 0.211 e. The summed E-state index contributed by atoms with van der Waals surface area (Å²) in [5.74, 6) is 0.396. The first kappa shape index (κ1) is 13.2. The van der Waals surface area contributed by atoms with E-state index in [-0.39, 0.29) is 12.3 Å². The number of sulfonamides is 1. The normalized spacial score (nSPS) is 14.4. The summed E-state index contributed by atoms with van der Waals surface area (Å²) in [6.45, 7) is 1.90. The highest BCUT2D eigenvalue weighted by atomic mass is 35.5. The van der Waals surface area contributed by atoms with Gasteiger partial charge in [0.05, 0.1) is 11.9 Å². The van der Waals surface area contributed by atoms with Crippen LogP contribution in [0.1, 0.15) is 19.8 Å². The third kappa shape index (κ3) is 8.49. The Morgan fingerprint density at radius 2 is 2.15 bits per heavy atom. The molecule has 13 heavy (non-hydrogen) atoms. The van der Waals surface area contributed by atoms with E-state index in [2.05, 4.69) is 4.72 Å². The molecule has 0 saturated heterocycles. The van der Waals surface area contributed by atoms with Crippen LogP contribution in [0.5, 0.6) is 0 Å². The molecule has 0 aliphatic carbocycles. The minimum Gasteiger partial charge on any atom is -0.393 e. The Labute approximate surface area is 84.3 Å². The summed E-state index contributed by atoms with van der Waals surface area (Å²) in [6, 6.07) is 0. The number of halogens is 1. The molecule has 1 atom stereocenters. The lowest BCUT2D eigenvalue weighted by atomic mass is 10.3. The number of hydrogen-bond donors (Lipinski definition) is 2. The van der Waals surface area contributed by atoms with Crippen molar-refractivity contribution in [1.29, 1.82) is 0 Å². The monoisotopic (exact) mass is 229 g/mol. The lowest BCUT2D eigenvalue weighted by molar-refractivity contribution is 0.186. The van der Waals surface area contributed by atoms with E-state index in [0.29, 0.717) is 18.7 Å². The van der Waals surface area contributed by atoms with Gasteiger partial charge in [0, 0.05) is 12.4 Å². The molecule has 0 fully saturated rings. The molecule has 4 nitrogen and oxygen atoms in total. The summed E-state index contributed by atoms with van der Waals surface area (Å²) < 4.78 is 24.6. The van der Waals surface area contributed by atoms with Crippen molar-refractivity contribution in [2.24, 2.45) is 0 Å². The van der Waals surface area contributed by atoms with Crippen molar-refractivity contribution < 1.29 is 13.5 Å². The van der Waals surface area contributed by atoms with Crippen molar-refractivity contribution in [3.05, 3.63) is 0 Å². The molecule has 0 radical (unpaired) electrons. The van der Waals surface area contributed by atoms with Crippen LogP contribution in [0.15, 0.2) is 0 Å². The molecule has 0 aliphatic rings. The minimum atomic E-state index is -3.18. The zero-order valence-corrected chi connectivity index (χ0v) is 9.24. The topological polar surface area (TPSA) is 66.4 Å². The van der Waals surface area contributed by atoms with Gasteiger partial charge in [0.2, 0.25) is 10.0 Å². The first-order chi connectivity index (χ1) is 5.98. The molecule has 0 spiro atoms. The van der Waals surface area contributed by atoms with Gasteiger partial charge in [-0.25, -0.2) is 13.1 Å². The van der Waals surface area contributed by atoms with E-state index in [4.69, 9.17) is 16.7 Å². The number of nitrogens with one attached hydrogen (secondary N) is 1. The van der Waals surface area contributed by atoms with Gasteiger partial charge in [0.25, 0.3) is 0 Å². The lowest BCUT2D eigenvalue weighted by Crippen LogP contribution is -2.29. The third-order valence-corrected chi connectivity index (χ3v) is 3.17. The van der Waals surface area contributed by atoms with E-state index in [1.807, 2.05) is 0 Å². The van der Waals surface area contributed by atoms with Gasteiger partial charge in [0.1, 0.15) is 0 Å². The molecule has 0 aliphatic heterocycles. The number of aliphatic hydroxyl groups excluding tert-OH is 1. The minimum absolute atomic E-state index is 0.0519. The van der Waals surface area contributed by atoms with Crippen molar-refractivity contribution in [3.63, 3.8) is 0 Å². The van der Waals surface area contributed by atoms with Crippen LogP contribution >= 0.6 is 11.6 Å². The second-order valence-corrected chi connectivity index (χ2v) is 5.20. The van der Waals surface area contributed by atoms with Gasteiger partial charge in [-0.2, -0.15) is 0 Å². The van der Waals surface area contributed by atoms with Crippen LogP contribution in [0.25, 0.3) is 0 Å². The molecule has 0 bridgehead atoms. The zero-order chi connectivity index (χ0) is 10.3. The van der Waals surface area contributed by atoms with Crippen LogP contribution in [-0.4, -0.2) is 37.8 Å². The van der Waals surface area contributed by atoms with Crippen LogP contribution in [0.4, 0.5) is 0 Å². The van der Waals surface area contributed by atoms with Crippen LogP contribution in [0.2, 0.25) is 0 Å². The Balaban J connectivity index is 3.64. The molecule has 1 unspecified atom stereocenters. The number of rotatable bonds is 7. The van der Waals surface area contributed by atoms with Gasteiger partial charge in [-0.3, -0.25) is 0 Å². The van der Waals surface area contributed by atoms with Crippen molar-refractivity contribution in [2.45, 2.75) is 25.9 Å². The van der Waals surface area contributed by atoms with Gasteiger partial charge < -0.3 is 5.11 Å². The molecule has 0 amide bonds. The van der Waals surface area contributed by atoms with Crippen molar-refractivity contribution >= 4 is 21.6 Å². The van der Waals surface area contributed by atoms with Crippen LogP contribution in [0, 0.1) is 0 Å². The fourth-order valence-electron chi connectivity index (χ4n) is 0.740. The predicted octanol–water partition coefficient (Wildman–Crippen LogP) is 0.306. The Kier molecular flexibility index (Phi) is 6.67. The molecule has 6 heteroatoms. The highest BCUT2D eigenvalue weighted by Gasteiger charge is 2.08. The Morgan fingerprint density at radius 1 is 1.54 bits per heavy atom. The highest BCUT2D eigenvalue weighted by molar-refractivity contribution is 7.89. The fraction of sp³-hybridized carbons (Fsp3) is 1.00. The number of aliphatic hydroxyl groups is 1. The standard InChI is InChI=1S/C7H16ClNO3S/c1-7(10)3-5-9-13(11,12)6-2-4-8/h7,9-10H,2-6H2,1H3. The molecular formula is C7H16ClNO3S. The molecule has 0 heterocycles. The Hall–Kier alpha value is 0.160. The molecule has 0 aromatic carbocycles. The average Bonchev–Trinajstić information content (AvgIpc) is 2.00. The highest BCUT2D eigenvalue weighted by Crippen LogP contribution is 1.93. The lowest BCUT2D eigenvalue weighted by Gasteiger charge is -2.06. The third-order valence-electron chi connectivity index (χ3n) is 1.43. The molecular weight excluding hydrogens is 214 g/mol. The molecule has 0 rings (SSSR count). The van der Waals surface area contributed by atoms with Crippen LogP contribution < -0.4 is 4.72 Å². The first-order valence-electron chi connectivity index (χ1n) is 4.19. The van der Waals surface area contributed by atoms with Crippen LogP contribution in [0.3, 0.4) is 0 Å². The maximum Gasteiger partial charge on any atom is 0.211 e. The van der Waals surface area contributed by atoms with Crippen molar-refractivity contribution in [3.8, 4) is 0 Å². The number of alkyl halides is 1. The average molecular weight is 230 g/mol. The van der Waals surface area contributed by atoms with Gasteiger partial charge >= 0.3 is 0 Å². The number of hydrogen-bond acceptors (Lipinski definition) is 3. The molecule has 0 aromatic rings. The Morgan fingerprint density at radius 3 is 2.62 bits per heavy atom. The van der Waals surface area contributed by atoms with E-state index in [1.54, 1.807) is 6.92 Å². The summed E-state index contributed by atoms with van der Waals surface area (Å²) in [4.78, 5) is 0. The van der Waals surface area contributed by atoms with Crippen LogP contribution in [-0.2, 0) is 10.0 Å². The summed E-state index contributed by atoms with van der Waals surface area (Å²) >= 11 is 5.36. The summed E-state index contributed by atoms with van der Waals surface area (Å²) in [6.07, 6.45) is 0.404. The zero-order valence-electron chi connectivity index (χ0n) is 7.66. The maximum absolute atomic E-state index is 11.1. The molecule has 0 saturated carbocycles. The summed E-state index contributed by atoms with van der Waals surface area (Å²) in [5, 5.41) is 8.87. The second kappa shape index (κ2) is 6.59. The van der Waals surface area contributed by atoms with E-state index in [1.165, 1.54) is 0 Å². The fourth-order valence-corrected chi connectivity index (χ4v) is 2.13. The summed E-state index contributed by atoms with van der Waals surface area (Å²) in [7, 11) is -3.18. The van der Waals surface area contributed by atoms with Crippen molar-refractivity contribution in [1.82, 2.24) is 4.72 Å². The summed E-state index contributed by atoms with van der Waals surface area (Å²) in [5.41, 5.74) is 0. The molecule has 80 valence electrons. The SMILES string of the molecule is CC(O)CCNS(=O)(=O)CCCCl. The molecule has 0 aromatic heterocycles. The van der Waals surface area contributed by atoms with E-state index in [9.17, 15) is 8.42 Å². The van der Waals surface area contributed by atoms with Gasteiger partial charge in [-0.05, 0) is 19.8 Å². The van der Waals surface area contributed by atoms with Gasteiger partial charge in [0.15, 0.2) is 0 Å². The van der Waals surface area contributed by atoms with Crippen molar-refractivity contribution in [2.75, 3.05) is 18.2 Å². The van der Waals surface area contributed by atoms with Gasteiger partial charge in [-0.15, -0.1) is 11.6 Å². The van der Waals surface area contributed by atoms with E-state index in [0.717, 1.165) is 0 Å².